The minimum absolute atomic E-state index is 0. The molecule has 0 aromatic heterocycles. The molecule has 0 saturated heterocycles. The number of aryl methyl sites for hydroxylation is 1. The van der Waals surface area contributed by atoms with Gasteiger partial charge in [-0.15, -0.1) is 29.7 Å². The third-order valence-corrected chi connectivity index (χ3v) is 2.90. The zero-order valence-electron chi connectivity index (χ0n) is 14.2. The molecule has 0 aliphatic carbocycles. The summed E-state index contributed by atoms with van der Waals surface area (Å²) in [7, 11) is 0. The van der Waals surface area contributed by atoms with E-state index in [0.717, 1.165) is 12.8 Å². The molecule has 130 valence electrons. The molecule has 0 radical (unpaired) electrons. The maximum Gasteiger partial charge on any atom is 0.0433 e. The normalized spacial score (nSPS) is 8.71. The molecule has 3 aromatic carbocycles. The number of benzene rings is 1. The fourth-order valence-electron chi connectivity index (χ4n) is 1.93. The standard InChI is InChI=1S/C9H7.C8H11O.C3H6.2ClH.Zr/c1-2-5-9-7-3-6-8(9)4-1;9-7-3-6-8-4-1-2-5-8;1-3-2;;;/h1-7H;1-2,4-5,9H,3,6-7H2;1-2H3;2*1H;/q2*-1;;;;+2/p-2. The number of fused-ring (bicyclic) bond motifs is 1. The molecule has 0 spiro atoms. The molecule has 0 saturated carbocycles. The summed E-state index contributed by atoms with van der Waals surface area (Å²) >= 11 is 1.55. The van der Waals surface area contributed by atoms with E-state index in [-0.39, 0.29) is 24.8 Å². The van der Waals surface area contributed by atoms with E-state index in [1.807, 2.05) is 12.1 Å². The van der Waals surface area contributed by atoms with Crippen molar-refractivity contribution < 1.29 is 54.2 Å². The van der Waals surface area contributed by atoms with Crippen LogP contribution in [0.2, 0.25) is 0 Å². The van der Waals surface area contributed by atoms with Crippen LogP contribution in [0.15, 0.2) is 66.7 Å². The van der Waals surface area contributed by atoms with Gasteiger partial charge in [-0.25, -0.2) is 12.1 Å². The van der Waals surface area contributed by atoms with Crippen LogP contribution in [0.25, 0.3) is 10.8 Å². The molecule has 24 heavy (non-hydrogen) atoms. The Hall–Kier alpha value is -0.527. The predicted octanol–water partition coefficient (Wildman–Crippen LogP) is -1.36. The predicted molar refractivity (Wildman–Crippen MR) is 93.3 cm³/mol. The summed E-state index contributed by atoms with van der Waals surface area (Å²) in [6.45, 7) is 4.54. The fourth-order valence-corrected chi connectivity index (χ4v) is 1.93. The van der Waals surface area contributed by atoms with Gasteiger partial charge in [0.2, 0.25) is 0 Å². The van der Waals surface area contributed by atoms with E-state index in [1.54, 1.807) is 24.2 Å². The van der Waals surface area contributed by atoms with Crippen LogP contribution < -0.4 is 24.8 Å². The zero-order valence-corrected chi connectivity index (χ0v) is 18.1. The monoisotopic (exact) mass is 440 g/mol. The molecule has 0 bridgehead atoms. The summed E-state index contributed by atoms with van der Waals surface area (Å²) in [5.74, 6) is 0. The van der Waals surface area contributed by atoms with Gasteiger partial charge in [-0.2, -0.15) is 35.2 Å². The molecule has 0 fully saturated rings. The van der Waals surface area contributed by atoms with Crippen molar-refractivity contribution in [3.63, 3.8) is 0 Å². The van der Waals surface area contributed by atoms with E-state index in [4.69, 9.17) is 5.11 Å². The summed E-state index contributed by atoms with van der Waals surface area (Å²) in [6.07, 6.45) is 1.88. The van der Waals surface area contributed by atoms with Crippen molar-refractivity contribution in [3.8, 4) is 0 Å². The number of aliphatic hydroxyl groups excluding tert-OH is 1. The molecule has 0 amide bonds. The fraction of sp³-hybridized carbons (Fsp3) is 0.250. The Morgan fingerprint density at radius 2 is 1.62 bits per heavy atom. The van der Waals surface area contributed by atoms with Gasteiger partial charge in [0.15, 0.2) is 0 Å². The molecular formula is C20H24Cl2OZr-2. The van der Waals surface area contributed by atoms with Gasteiger partial charge in [-0.05, 0) is 12.8 Å². The first-order valence-corrected chi connectivity index (χ1v) is 8.80. The third-order valence-electron chi connectivity index (χ3n) is 2.90. The van der Waals surface area contributed by atoms with Gasteiger partial charge in [0.25, 0.3) is 0 Å². The van der Waals surface area contributed by atoms with E-state index < -0.39 is 0 Å². The van der Waals surface area contributed by atoms with Crippen LogP contribution in [-0.4, -0.2) is 14.9 Å². The van der Waals surface area contributed by atoms with Crippen LogP contribution in [0.5, 0.6) is 0 Å². The average Bonchev–Trinajstić information content (AvgIpc) is 3.16. The molecular weight excluding hydrogens is 418 g/mol. The molecule has 3 rings (SSSR count). The SMILES string of the molecule is C[C](C)=[Zr+2].OCCCc1ccc[cH-]1.[Cl-].[Cl-].c1ccc2[cH-]ccc2c1. The minimum Gasteiger partial charge on any atom is -1.00 e. The Morgan fingerprint density at radius 3 is 2.17 bits per heavy atom. The Balaban J connectivity index is 0. The van der Waals surface area contributed by atoms with Crippen molar-refractivity contribution in [2.45, 2.75) is 26.7 Å². The topological polar surface area (TPSA) is 20.2 Å². The number of hydrogen-bond donors (Lipinski definition) is 1. The molecule has 0 aliphatic heterocycles. The zero-order chi connectivity index (χ0) is 16.2. The van der Waals surface area contributed by atoms with Crippen molar-refractivity contribution >= 4 is 14.0 Å². The van der Waals surface area contributed by atoms with Crippen molar-refractivity contribution in [1.82, 2.24) is 0 Å². The summed E-state index contributed by atoms with van der Waals surface area (Å²) in [4.78, 5) is 0. The summed E-state index contributed by atoms with van der Waals surface area (Å²) in [5, 5.41) is 11.1. The molecule has 0 atom stereocenters. The van der Waals surface area contributed by atoms with Gasteiger partial charge in [0, 0.05) is 6.61 Å². The number of halogens is 2. The van der Waals surface area contributed by atoms with Crippen LogP contribution >= 0.6 is 0 Å². The van der Waals surface area contributed by atoms with Gasteiger partial charge in [0.05, 0.1) is 0 Å². The smallest absolute Gasteiger partial charge is 0.0433 e. The summed E-state index contributed by atoms with van der Waals surface area (Å²) in [6, 6.07) is 22.9. The molecule has 3 aromatic rings. The Kier molecular flexibility index (Phi) is 17.1. The second-order valence-corrected chi connectivity index (χ2v) is 7.73. The first kappa shape index (κ1) is 25.7. The van der Waals surface area contributed by atoms with Crippen molar-refractivity contribution in [2.24, 2.45) is 0 Å². The minimum atomic E-state index is 0. The van der Waals surface area contributed by atoms with Crippen molar-refractivity contribution in [1.29, 1.82) is 0 Å². The van der Waals surface area contributed by atoms with Crippen molar-refractivity contribution in [2.75, 3.05) is 6.61 Å². The van der Waals surface area contributed by atoms with Crippen LogP contribution in [0.3, 0.4) is 0 Å². The first-order chi connectivity index (χ1) is 10.6. The third kappa shape index (κ3) is 11.9. The van der Waals surface area contributed by atoms with E-state index in [2.05, 4.69) is 68.4 Å². The van der Waals surface area contributed by atoms with Gasteiger partial charge >= 0.3 is 41.3 Å². The quantitative estimate of drug-likeness (QED) is 0.497. The number of rotatable bonds is 3. The van der Waals surface area contributed by atoms with E-state index in [1.165, 1.54) is 19.5 Å². The maximum absolute atomic E-state index is 8.47. The Morgan fingerprint density at radius 1 is 0.958 bits per heavy atom. The van der Waals surface area contributed by atoms with Crippen LogP contribution in [0, 0.1) is 0 Å². The van der Waals surface area contributed by atoms with E-state index in [0.29, 0.717) is 6.61 Å². The van der Waals surface area contributed by atoms with E-state index in [9.17, 15) is 0 Å². The molecule has 0 unspecified atom stereocenters. The average molecular weight is 443 g/mol. The second kappa shape index (κ2) is 16.0. The number of aliphatic hydroxyl groups is 1. The Labute approximate surface area is 173 Å². The van der Waals surface area contributed by atoms with Gasteiger partial charge in [-0.3, -0.25) is 0 Å². The summed E-state index contributed by atoms with van der Waals surface area (Å²) in [5.41, 5.74) is 1.32. The van der Waals surface area contributed by atoms with Gasteiger partial charge in [-0.1, -0.05) is 6.07 Å². The maximum atomic E-state index is 8.47. The summed E-state index contributed by atoms with van der Waals surface area (Å²) < 4.78 is 1.51. The molecule has 1 nitrogen and oxygen atoms in total. The molecule has 0 heterocycles. The molecule has 4 heteroatoms. The molecule has 1 N–H and O–H groups in total. The largest absolute Gasteiger partial charge is 1.00 e. The van der Waals surface area contributed by atoms with Gasteiger partial charge < -0.3 is 29.9 Å². The number of hydrogen-bond acceptors (Lipinski definition) is 1. The van der Waals surface area contributed by atoms with Gasteiger partial charge in [0.1, 0.15) is 0 Å². The Bertz CT molecular complexity index is 610. The van der Waals surface area contributed by atoms with Crippen LogP contribution in [0.4, 0.5) is 0 Å². The molecule has 0 aliphatic rings. The van der Waals surface area contributed by atoms with E-state index >= 15 is 0 Å². The van der Waals surface area contributed by atoms with Crippen molar-refractivity contribution in [3.05, 3.63) is 72.3 Å². The van der Waals surface area contributed by atoms with Crippen LogP contribution in [0.1, 0.15) is 25.8 Å². The first-order valence-electron chi connectivity index (χ1n) is 7.57. The van der Waals surface area contributed by atoms with Crippen LogP contribution in [-0.2, 0) is 30.7 Å². The second-order valence-electron chi connectivity index (χ2n) is 5.28.